The molecule has 4 nitrogen and oxygen atoms in total. The van der Waals surface area contributed by atoms with Gasteiger partial charge in [-0.3, -0.25) is 9.59 Å². The highest BCUT2D eigenvalue weighted by molar-refractivity contribution is 6.04. The highest BCUT2D eigenvalue weighted by atomic mass is 16.2. The van der Waals surface area contributed by atoms with Crippen molar-refractivity contribution in [3.05, 3.63) is 12.7 Å². The van der Waals surface area contributed by atoms with Crippen molar-refractivity contribution in [1.29, 1.82) is 0 Å². The second kappa shape index (κ2) is 6.30. The zero-order valence-corrected chi connectivity index (χ0v) is 10.6. The van der Waals surface area contributed by atoms with Crippen molar-refractivity contribution in [2.45, 2.75) is 27.7 Å². The zero-order chi connectivity index (χ0) is 12.8. The Morgan fingerprint density at radius 3 is 2.19 bits per heavy atom. The fraction of sp³-hybridized carbons (Fsp3) is 0.667. The van der Waals surface area contributed by atoms with Crippen molar-refractivity contribution >= 4 is 11.8 Å². The Morgan fingerprint density at radius 1 is 1.25 bits per heavy atom. The number of hydrogen-bond acceptors (Lipinski definition) is 2. The average molecular weight is 226 g/mol. The molecule has 0 saturated carbocycles. The van der Waals surface area contributed by atoms with Gasteiger partial charge in [-0.2, -0.15) is 0 Å². The minimum Gasteiger partial charge on any atom is -0.355 e. The Bertz CT molecular complexity index is 270. The molecule has 0 spiro atoms. The van der Waals surface area contributed by atoms with E-state index in [9.17, 15) is 9.59 Å². The smallest absolute Gasteiger partial charge is 0.235 e. The zero-order valence-electron chi connectivity index (χ0n) is 10.6. The summed E-state index contributed by atoms with van der Waals surface area (Å²) in [6.07, 6.45) is 1.58. The van der Waals surface area contributed by atoms with E-state index < -0.39 is 5.41 Å². The molecule has 92 valence electrons. The molecule has 2 amide bonds. The topological polar surface area (TPSA) is 58.2 Å². The lowest BCUT2D eigenvalue weighted by atomic mass is 9.91. The first kappa shape index (κ1) is 14.7. The van der Waals surface area contributed by atoms with Gasteiger partial charge >= 0.3 is 0 Å². The Labute approximate surface area is 97.5 Å². The second-order valence-electron chi connectivity index (χ2n) is 4.73. The number of carbonyl (C=O) groups excluding carboxylic acids is 2. The molecule has 0 aliphatic carbocycles. The van der Waals surface area contributed by atoms with Crippen LogP contribution in [0.5, 0.6) is 0 Å². The largest absolute Gasteiger partial charge is 0.355 e. The third-order valence-electron chi connectivity index (χ3n) is 2.21. The molecule has 0 atom stereocenters. The molecular formula is C12H22N2O2. The molecule has 16 heavy (non-hydrogen) atoms. The minimum atomic E-state index is -1.04. The fourth-order valence-electron chi connectivity index (χ4n) is 1.01. The van der Waals surface area contributed by atoms with E-state index in [-0.39, 0.29) is 11.8 Å². The standard InChI is InChI=1S/C12H22N2O2/c1-6-7-13-10(15)12(4,5)11(16)14-8-9(2)3/h6,9H,1,7-8H2,2-5H3,(H,13,15)(H,14,16). The molecule has 4 heteroatoms. The second-order valence-corrected chi connectivity index (χ2v) is 4.73. The minimum absolute atomic E-state index is 0.247. The highest BCUT2D eigenvalue weighted by Gasteiger charge is 2.35. The molecule has 0 bridgehead atoms. The summed E-state index contributed by atoms with van der Waals surface area (Å²) in [6.45, 7) is 11.7. The van der Waals surface area contributed by atoms with Crippen LogP contribution in [0.2, 0.25) is 0 Å². The molecule has 0 heterocycles. The van der Waals surface area contributed by atoms with Crippen molar-refractivity contribution in [3.8, 4) is 0 Å². The molecule has 2 N–H and O–H groups in total. The summed E-state index contributed by atoms with van der Waals surface area (Å²) in [5, 5.41) is 5.38. The van der Waals surface area contributed by atoms with Gasteiger partial charge in [0, 0.05) is 13.1 Å². The molecule has 0 fully saturated rings. The van der Waals surface area contributed by atoms with Crippen LogP contribution in [-0.2, 0) is 9.59 Å². The first-order valence-electron chi connectivity index (χ1n) is 5.49. The van der Waals surface area contributed by atoms with Gasteiger partial charge in [0.15, 0.2) is 0 Å². The van der Waals surface area contributed by atoms with Gasteiger partial charge in [-0.15, -0.1) is 6.58 Å². The molecule has 0 aromatic heterocycles. The lowest BCUT2D eigenvalue weighted by molar-refractivity contribution is -0.141. The van der Waals surface area contributed by atoms with Crippen LogP contribution < -0.4 is 10.6 Å². The van der Waals surface area contributed by atoms with Crippen LogP contribution in [0.15, 0.2) is 12.7 Å². The Morgan fingerprint density at radius 2 is 1.75 bits per heavy atom. The van der Waals surface area contributed by atoms with Gasteiger partial charge in [-0.1, -0.05) is 19.9 Å². The Balaban J connectivity index is 4.34. The van der Waals surface area contributed by atoms with E-state index >= 15 is 0 Å². The summed E-state index contributed by atoms with van der Waals surface area (Å²) in [7, 11) is 0. The Hall–Kier alpha value is -1.32. The lowest BCUT2D eigenvalue weighted by Crippen LogP contribution is -2.48. The maximum atomic E-state index is 11.8. The molecule has 0 aromatic carbocycles. The van der Waals surface area contributed by atoms with E-state index in [4.69, 9.17) is 0 Å². The maximum absolute atomic E-state index is 11.8. The van der Waals surface area contributed by atoms with Gasteiger partial charge in [0.25, 0.3) is 0 Å². The average Bonchev–Trinajstić information content (AvgIpc) is 2.21. The third-order valence-corrected chi connectivity index (χ3v) is 2.21. The maximum Gasteiger partial charge on any atom is 0.235 e. The van der Waals surface area contributed by atoms with Crippen molar-refractivity contribution < 1.29 is 9.59 Å². The van der Waals surface area contributed by atoms with Crippen LogP contribution >= 0.6 is 0 Å². The fourth-order valence-corrected chi connectivity index (χ4v) is 1.01. The predicted molar refractivity (Wildman–Crippen MR) is 64.8 cm³/mol. The molecular weight excluding hydrogens is 204 g/mol. The van der Waals surface area contributed by atoms with Gasteiger partial charge in [0.05, 0.1) is 0 Å². The molecule has 0 aliphatic rings. The van der Waals surface area contributed by atoms with Crippen LogP contribution in [0.3, 0.4) is 0 Å². The number of nitrogens with one attached hydrogen (secondary N) is 2. The summed E-state index contributed by atoms with van der Waals surface area (Å²) >= 11 is 0. The van der Waals surface area contributed by atoms with Crippen LogP contribution in [0.1, 0.15) is 27.7 Å². The summed E-state index contributed by atoms with van der Waals surface area (Å²) in [5.74, 6) is -0.160. The Kier molecular flexibility index (Phi) is 5.78. The summed E-state index contributed by atoms with van der Waals surface area (Å²) in [6, 6.07) is 0. The normalized spacial score (nSPS) is 11.1. The lowest BCUT2D eigenvalue weighted by Gasteiger charge is -2.22. The van der Waals surface area contributed by atoms with Crippen molar-refractivity contribution in [2.24, 2.45) is 11.3 Å². The van der Waals surface area contributed by atoms with Crippen molar-refractivity contribution in [2.75, 3.05) is 13.1 Å². The molecule has 0 aliphatic heterocycles. The summed E-state index contributed by atoms with van der Waals surface area (Å²) in [4.78, 5) is 23.5. The first-order chi connectivity index (χ1) is 7.32. The molecule has 0 aromatic rings. The number of amides is 2. The van der Waals surface area contributed by atoms with Crippen LogP contribution in [-0.4, -0.2) is 24.9 Å². The van der Waals surface area contributed by atoms with E-state index in [1.54, 1.807) is 19.9 Å². The quantitative estimate of drug-likeness (QED) is 0.526. The van der Waals surface area contributed by atoms with Crippen LogP contribution in [0.4, 0.5) is 0 Å². The van der Waals surface area contributed by atoms with Crippen molar-refractivity contribution in [1.82, 2.24) is 10.6 Å². The predicted octanol–water partition coefficient (Wildman–Crippen LogP) is 1.09. The third kappa shape index (κ3) is 4.47. The van der Waals surface area contributed by atoms with E-state index in [0.717, 1.165) is 0 Å². The van der Waals surface area contributed by atoms with Gasteiger partial charge in [-0.05, 0) is 19.8 Å². The van der Waals surface area contributed by atoms with Gasteiger partial charge in [-0.25, -0.2) is 0 Å². The van der Waals surface area contributed by atoms with Crippen molar-refractivity contribution in [3.63, 3.8) is 0 Å². The first-order valence-corrected chi connectivity index (χ1v) is 5.49. The molecule has 0 unspecified atom stereocenters. The number of carbonyl (C=O) groups is 2. The van der Waals surface area contributed by atoms with Gasteiger partial charge < -0.3 is 10.6 Å². The monoisotopic (exact) mass is 226 g/mol. The SMILES string of the molecule is C=CCNC(=O)C(C)(C)C(=O)NCC(C)C. The highest BCUT2D eigenvalue weighted by Crippen LogP contribution is 2.15. The molecule has 0 rings (SSSR count). The van der Waals surface area contributed by atoms with Gasteiger partial charge in [0.2, 0.25) is 11.8 Å². The van der Waals surface area contributed by atoms with Crippen LogP contribution in [0, 0.1) is 11.3 Å². The van der Waals surface area contributed by atoms with E-state index in [1.807, 2.05) is 13.8 Å². The molecule has 0 radical (unpaired) electrons. The van der Waals surface area contributed by atoms with E-state index in [0.29, 0.717) is 19.0 Å². The summed E-state index contributed by atoms with van der Waals surface area (Å²) in [5.41, 5.74) is -1.04. The summed E-state index contributed by atoms with van der Waals surface area (Å²) < 4.78 is 0. The van der Waals surface area contributed by atoms with Crippen LogP contribution in [0.25, 0.3) is 0 Å². The molecule has 0 saturated heterocycles. The number of hydrogen-bond donors (Lipinski definition) is 2. The number of rotatable bonds is 6. The van der Waals surface area contributed by atoms with E-state index in [1.165, 1.54) is 0 Å². The van der Waals surface area contributed by atoms with E-state index in [2.05, 4.69) is 17.2 Å². The van der Waals surface area contributed by atoms with Gasteiger partial charge in [0.1, 0.15) is 5.41 Å².